The summed E-state index contributed by atoms with van der Waals surface area (Å²) in [7, 11) is 0. The Bertz CT molecular complexity index is 446. The summed E-state index contributed by atoms with van der Waals surface area (Å²) >= 11 is 5.77. The van der Waals surface area contributed by atoms with Crippen LogP contribution in [0.5, 0.6) is 0 Å². The van der Waals surface area contributed by atoms with Gasteiger partial charge in [-0.2, -0.15) is 0 Å². The van der Waals surface area contributed by atoms with Gasteiger partial charge in [0.1, 0.15) is 5.82 Å². The van der Waals surface area contributed by atoms with E-state index >= 15 is 0 Å². The van der Waals surface area contributed by atoms with E-state index in [1.807, 2.05) is 0 Å². The second-order valence-corrected chi connectivity index (χ2v) is 6.55. The van der Waals surface area contributed by atoms with Crippen LogP contribution in [-0.2, 0) is 6.42 Å². The van der Waals surface area contributed by atoms with Crippen molar-refractivity contribution in [2.75, 3.05) is 0 Å². The molecule has 106 valence electrons. The summed E-state index contributed by atoms with van der Waals surface area (Å²) in [6.07, 6.45) is 4.36. The first kappa shape index (κ1) is 14.8. The molecule has 0 bridgehead atoms. The summed E-state index contributed by atoms with van der Waals surface area (Å²) in [5, 5.41) is 11.3. The third kappa shape index (κ3) is 3.29. The van der Waals surface area contributed by atoms with Gasteiger partial charge in [0, 0.05) is 11.4 Å². The van der Waals surface area contributed by atoms with E-state index in [0.29, 0.717) is 22.9 Å². The molecule has 2 unspecified atom stereocenters. The molecule has 1 aliphatic rings. The molecule has 1 aromatic carbocycles. The van der Waals surface area contributed by atoms with Crippen LogP contribution in [0.4, 0.5) is 4.39 Å². The van der Waals surface area contributed by atoms with Crippen LogP contribution >= 0.6 is 11.6 Å². The van der Waals surface area contributed by atoms with Gasteiger partial charge in [0.25, 0.3) is 0 Å². The lowest BCUT2D eigenvalue weighted by Gasteiger charge is -2.42. The second kappa shape index (κ2) is 5.80. The molecule has 0 amide bonds. The highest BCUT2D eigenvalue weighted by Gasteiger charge is 2.40. The molecule has 3 heteroatoms. The average molecular weight is 285 g/mol. The molecule has 0 aliphatic heterocycles. The molecule has 0 heterocycles. The minimum atomic E-state index is -0.777. The van der Waals surface area contributed by atoms with Gasteiger partial charge in [-0.1, -0.05) is 44.4 Å². The van der Waals surface area contributed by atoms with E-state index in [0.717, 1.165) is 25.7 Å². The third-order valence-electron chi connectivity index (χ3n) is 4.38. The lowest BCUT2D eigenvalue weighted by atomic mass is 9.68. The SMILES string of the molecule is CC(C)C1CCCCC1(O)Cc1ccc(Cl)cc1F. The molecule has 1 aliphatic carbocycles. The molecule has 0 radical (unpaired) electrons. The number of rotatable bonds is 3. The van der Waals surface area contributed by atoms with Gasteiger partial charge in [0.15, 0.2) is 0 Å². The molecule has 1 nitrogen and oxygen atoms in total. The summed E-state index contributed by atoms with van der Waals surface area (Å²) < 4.78 is 13.9. The fraction of sp³-hybridized carbons (Fsp3) is 0.625. The first-order valence-electron chi connectivity index (χ1n) is 7.09. The molecular weight excluding hydrogens is 263 g/mol. The van der Waals surface area contributed by atoms with Crippen LogP contribution in [0.1, 0.15) is 45.1 Å². The van der Waals surface area contributed by atoms with Crippen molar-refractivity contribution < 1.29 is 9.50 Å². The standard InChI is InChI=1S/C16H22ClFO/c1-11(2)14-5-3-4-8-16(14,19)10-12-6-7-13(17)9-15(12)18/h6-7,9,11,14,19H,3-5,8,10H2,1-2H3. The molecule has 0 spiro atoms. The van der Waals surface area contributed by atoms with E-state index in [4.69, 9.17) is 11.6 Å². The van der Waals surface area contributed by atoms with Crippen LogP contribution in [0.15, 0.2) is 18.2 Å². The maximum atomic E-state index is 13.9. The van der Waals surface area contributed by atoms with Gasteiger partial charge in [-0.15, -0.1) is 0 Å². The Labute approximate surface area is 119 Å². The summed E-state index contributed by atoms with van der Waals surface area (Å²) in [4.78, 5) is 0. The van der Waals surface area contributed by atoms with E-state index in [9.17, 15) is 9.50 Å². The quantitative estimate of drug-likeness (QED) is 0.860. The van der Waals surface area contributed by atoms with E-state index in [2.05, 4.69) is 13.8 Å². The van der Waals surface area contributed by atoms with Crippen molar-refractivity contribution >= 4 is 11.6 Å². The van der Waals surface area contributed by atoms with Crippen molar-refractivity contribution in [2.45, 2.75) is 51.6 Å². The Morgan fingerprint density at radius 1 is 1.42 bits per heavy atom. The number of halogens is 2. The van der Waals surface area contributed by atoms with Crippen molar-refractivity contribution in [1.82, 2.24) is 0 Å². The first-order chi connectivity index (χ1) is 8.92. The predicted molar refractivity (Wildman–Crippen MR) is 76.9 cm³/mol. The highest BCUT2D eigenvalue weighted by atomic mass is 35.5. The van der Waals surface area contributed by atoms with Gasteiger partial charge in [-0.3, -0.25) is 0 Å². The Balaban J connectivity index is 2.23. The largest absolute Gasteiger partial charge is 0.389 e. The Hall–Kier alpha value is -0.600. The summed E-state index contributed by atoms with van der Waals surface area (Å²) in [6, 6.07) is 4.71. The molecule has 19 heavy (non-hydrogen) atoms. The van der Waals surface area contributed by atoms with Crippen LogP contribution in [0, 0.1) is 17.7 Å². The molecular formula is C16H22ClFO. The van der Waals surface area contributed by atoms with Crippen LogP contribution in [0.2, 0.25) is 5.02 Å². The maximum absolute atomic E-state index is 13.9. The third-order valence-corrected chi connectivity index (χ3v) is 4.62. The van der Waals surface area contributed by atoms with Crippen LogP contribution < -0.4 is 0 Å². The second-order valence-electron chi connectivity index (χ2n) is 6.11. The van der Waals surface area contributed by atoms with E-state index in [1.54, 1.807) is 12.1 Å². The van der Waals surface area contributed by atoms with Crippen molar-refractivity contribution in [3.8, 4) is 0 Å². The molecule has 0 saturated heterocycles. The lowest BCUT2D eigenvalue weighted by molar-refractivity contribution is -0.0657. The van der Waals surface area contributed by atoms with E-state index < -0.39 is 5.60 Å². The fourth-order valence-electron chi connectivity index (χ4n) is 3.42. The van der Waals surface area contributed by atoms with Crippen molar-refractivity contribution in [3.63, 3.8) is 0 Å². The van der Waals surface area contributed by atoms with Gasteiger partial charge >= 0.3 is 0 Å². The monoisotopic (exact) mass is 284 g/mol. The average Bonchev–Trinajstić information content (AvgIpc) is 2.33. The van der Waals surface area contributed by atoms with Gasteiger partial charge < -0.3 is 5.11 Å². The molecule has 0 aromatic heterocycles. The number of hydrogen-bond acceptors (Lipinski definition) is 1. The van der Waals surface area contributed by atoms with E-state index in [-0.39, 0.29) is 11.7 Å². The number of benzene rings is 1. The molecule has 1 aromatic rings. The van der Waals surface area contributed by atoms with Gasteiger partial charge in [-0.05, 0) is 42.4 Å². The fourth-order valence-corrected chi connectivity index (χ4v) is 3.58. The normalized spacial score (nSPS) is 27.8. The highest BCUT2D eigenvalue weighted by molar-refractivity contribution is 6.30. The minimum absolute atomic E-state index is 0.247. The zero-order valence-corrected chi connectivity index (χ0v) is 12.4. The number of aliphatic hydroxyl groups is 1. The Kier molecular flexibility index (Phi) is 4.52. The molecule has 2 rings (SSSR count). The van der Waals surface area contributed by atoms with Crippen molar-refractivity contribution in [1.29, 1.82) is 0 Å². The summed E-state index contributed by atoms with van der Waals surface area (Å²) in [5.74, 6) is 0.353. The molecule has 1 fully saturated rings. The van der Waals surface area contributed by atoms with Gasteiger partial charge in [-0.25, -0.2) is 4.39 Å². The smallest absolute Gasteiger partial charge is 0.127 e. The van der Waals surface area contributed by atoms with Crippen LogP contribution in [0.25, 0.3) is 0 Å². The van der Waals surface area contributed by atoms with Gasteiger partial charge in [0.05, 0.1) is 5.60 Å². The minimum Gasteiger partial charge on any atom is -0.389 e. The van der Waals surface area contributed by atoms with Crippen molar-refractivity contribution in [2.24, 2.45) is 11.8 Å². The maximum Gasteiger partial charge on any atom is 0.127 e. The summed E-state index contributed by atoms with van der Waals surface area (Å²) in [6.45, 7) is 4.28. The van der Waals surface area contributed by atoms with Crippen LogP contribution in [0.3, 0.4) is 0 Å². The predicted octanol–water partition coefficient (Wildman–Crippen LogP) is 4.60. The zero-order chi connectivity index (χ0) is 14.0. The van der Waals surface area contributed by atoms with Crippen LogP contribution in [-0.4, -0.2) is 10.7 Å². The molecule has 1 saturated carbocycles. The zero-order valence-electron chi connectivity index (χ0n) is 11.6. The molecule has 1 N–H and O–H groups in total. The first-order valence-corrected chi connectivity index (χ1v) is 7.46. The molecule has 2 atom stereocenters. The van der Waals surface area contributed by atoms with Gasteiger partial charge in [0.2, 0.25) is 0 Å². The Morgan fingerprint density at radius 3 is 2.79 bits per heavy atom. The highest BCUT2D eigenvalue weighted by Crippen LogP contribution is 2.40. The summed E-state index contributed by atoms with van der Waals surface area (Å²) in [5.41, 5.74) is -0.208. The van der Waals surface area contributed by atoms with Crippen molar-refractivity contribution in [3.05, 3.63) is 34.6 Å². The number of hydrogen-bond donors (Lipinski definition) is 1. The Morgan fingerprint density at radius 2 is 2.16 bits per heavy atom. The van der Waals surface area contributed by atoms with E-state index in [1.165, 1.54) is 6.07 Å². The lowest BCUT2D eigenvalue weighted by Crippen LogP contribution is -2.45. The topological polar surface area (TPSA) is 20.2 Å².